The van der Waals surface area contributed by atoms with Gasteiger partial charge in [-0.1, -0.05) is 42.5 Å². The normalized spacial score (nSPS) is 12.4. The van der Waals surface area contributed by atoms with Crippen molar-refractivity contribution in [3.8, 4) is 11.5 Å². The van der Waals surface area contributed by atoms with Crippen molar-refractivity contribution >= 4 is 33.1 Å². The molecule has 3 aromatic carbocycles. The summed E-state index contributed by atoms with van der Waals surface area (Å²) in [5.41, 5.74) is 0.952. The molecule has 0 amide bonds. The van der Waals surface area contributed by atoms with Gasteiger partial charge < -0.3 is 24.3 Å². The summed E-state index contributed by atoms with van der Waals surface area (Å²) in [4.78, 5) is 24.0. The molecule has 0 aliphatic carbocycles. The largest absolute Gasteiger partial charge is 0.492 e. The number of hydrogen-bond donors (Lipinski definition) is 2. The van der Waals surface area contributed by atoms with Crippen molar-refractivity contribution in [1.29, 1.82) is 0 Å². The lowest BCUT2D eigenvalue weighted by molar-refractivity contribution is -0.138. The molecule has 0 aliphatic heterocycles. The van der Waals surface area contributed by atoms with Crippen LogP contribution in [0.5, 0.6) is 11.5 Å². The number of aliphatic carboxylic acids is 1. The summed E-state index contributed by atoms with van der Waals surface area (Å²) in [6, 6.07) is 16.5. The summed E-state index contributed by atoms with van der Waals surface area (Å²) in [6.07, 6.45) is 0.0490. The number of carbonyl (C=O) groups is 2. The van der Waals surface area contributed by atoms with E-state index in [1.807, 2.05) is 55.4 Å². The maximum atomic E-state index is 12.9. The molecule has 0 fully saturated rings. The van der Waals surface area contributed by atoms with E-state index in [0.29, 0.717) is 13.0 Å². The van der Waals surface area contributed by atoms with Crippen LogP contribution >= 0.6 is 0 Å². The average Bonchev–Trinajstić information content (AvgIpc) is 2.84. The third-order valence-electron chi connectivity index (χ3n) is 5.41. The van der Waals surface area contributed by atoms with Crippen molar-refractivity contribution in [2.75, 3.05) is 33.9 Å². The molecule has 0 aliphatic rings. The zero-order chi connectivity index (χ0) is 26.1. The molecule has 0 aromatic heterocycles. The Morgan fingerprint density at radius 3 is 2.42 bits per heavy atom. The SMILES string of the molecule is CN(C)CCOc1ccc2ccccc2c1CCOc1ccccc1S(=O)(=O)NC(C=O)CC(=O)O. The Kier molecular flexibility index (Phi) is 9.40. The Bertz CT molecular complexity index is 1310. The van der Waals surface area contributed by atoms with E-state index in [4.69, 9.17) is 14.6 Å². The van der Waals surface area contributed by atoms with Gasteiger partial charge in [-0.2, -0.15) is 0 Å². The second-order valence-electron chi connectivity index (χ2n) is 8.42. The zero-order valence-electron chi connectivity index (χ0n) is 20.2. The van der Waals surface area contributed by atoms with Gasteiger partial charge >= 0.3 is 5.97 Å². The van der Waals surface area contributed by atoms with Crippen LogP contribution in [0, 0.1) is 0 Å². The second kappa shape index (κ2) is 12.5. The molecular formula is C26H30N2O7S. The highest BCUT2D eigenvalue weighted by Crippen LogP contribution is 2.30. The monoisotopic (exact) mass is 514 g/mol. The summed E-state index contributed by atoms with van der Waals surface area (Å²) in [7, 11) is -0.265. The standard InChI is InChI=1S/C26H30N2O7S/c1-28(2)14-16-35-23-12-11-19-7-3-4-8-21(19)22(23)13-15-34-24-9-5-6-10-25(24)36(32,33)27-20(18-29)17-26(30)31/h3-12,18,20,27H,13-17H2,1-2H3,(H,30,31). The molecule has 1 unspecified atom stereocenters. The van der Waals surface area contributed by atoms with E-state index >= 15 is 0 Å². The first-order valence-electron chi connectivity index (χ1n) is 11.4. The Labute approximate surface area is 210 Å². The highest BCUT2D eigenvalue weighted by molar-refractivity contribution is 7.89. The number of nitrogens with one attached hydrogen (secondary N) is 1. The summed E-state index contributed by atoms with van der Waals surface area (Å²) in [6.45, 7) is 1.43. The van der Waals surface area contributed by atoms with Crippen LogP contribution in [-0.2, 0) is 26.0 Å². The van der Waals surface area contributed by atoms with Crippen molar-refractivity contribution in [2.45, 2.75) is 23.8 Å². The number of carbonyl (C=O) groups excluding carboxylic acids is 1. The van der Waals surface area contributed by atoms with Crippen LogP contribution in [0.1, 0.15) is 12.0 Å². The molecule has 1 atom stereocenters. The lowest BCUT2D eigenvalue weighted by Crippen LogP contribution is -2.37. The van der Waals surface area contributed by atoms with Crippen LogP contribution < -0.4 is 14.2 Å². The fraction of sp³-hybridized carbons (Fsp3) is 0.308. The summed E-state index contributed by atoms with van der Waals surface area (Å²) in [5, 5.41) is 11.0. The molecular weight excluding hydrogens is 484 g/mol. The van der Waals surface area contributed by atoms with Gasteiger partial charge in [-0.25, -0.2) is 13.1 Å². The van der Waals surface area contributed by atoms with Gasteiger partial charge in [-0.15, -0.1) is 0 Å². The van der Waals surface area contributed by atoms with E-state index in [1.165, 1.54) is 18.2 Å². The van der Waals surface area contributed by atoms with Crippen molar-refractivity contribution in [3.05, 3.63) is 66.2 Å². The fourth-order valence-electron chi connectivity index (χ4n) is 3.67. The number of sulfonamides is 1. The van der Waals surface area contributed by atoms with Gasteiger partial charge in [0, 0.05) is 18.5 Å². The number of ether oxygens (including phenoxy) is 2. The first kappa shape index (κ1) is 27.1. The van der Waals surface area contributed by atoms with Crippen LogP contribution in [0.4, 0.5) is 0 Å². The van der Waals surface area contributed by atoms with E-state index < -0.39 is 28.5 Å². The summed E-state index contributed by atoms with van der Waals surface area (Å²) < 4.78 is 39.8. The van der Waals surface area contributed by atoms with Crippen LogP contribution in [0.15, 0.2) is 65.6 Å². The summed E-state index contributed by atoms with van der Waals surface area (Å²) >= 11 is 0. The number of hydrogen-bond acceptors (Lipinski definition) is 7. The molecule has 3 aromatic rings. The van der Waals surface area contributed by atoms with Crippen molar-refractivity contribution < 1.29 is 32.6 Å². The van der Waals surface area contributed by atoms with E-state index in [9.17, 15) is 18.0 Å². The maximum absolute atomic E-state index is 12.9. The first-order chi connectivity index (χ1) is 17.2. The molecule has 3 rings (SSSR count). The summed E-state index contributed by atoms with van der Waals surface area (Å²) in [5.74, 6) is -0.456. The van der Waals surface area contributed by atoms with Gasteiger partial charge in [0.25, 0.3) is 0 Å². The van der Waals surface area contributed by atoms with Crippen LogP contribution in [0.3, 0.4) is 0 Å². The number of carboxylic acid groups (broad SMARTS) is 1. The molecule has 192 valence electrons. The van der Waals surface area contributed by atoms with Gasteiger partial charge in [0.2, 0.25) is 10.0 Å². The number of nitrogens with zero attached hydrogens (tertiary/aromatic N) is 1. The Morgan fingerprint density at radius 1 is 1.00 bits per heavy atom. The molecule has 0 radical (unpaired) electrons. The molecule has 0 heterocycles. The third-order valence-corrected chi connectivity index (χ3v) is 6.94. The molecule has 0 saturated heterocycles. The van der Waals surface area contributed by atoms with Gasteiger partial charge in [0.05, 0.1) is 19.1 Å². The number of aldehydes is 1. The minimum atomic E-state index is -4.20. The number of para-hydroxylation sites is 1. The number of rotatable bonds is 14. The highest BCUT2D eigenvalue weighted by atomic mass is 32.2. The molecule has 0 bridgehead atoms. The van der Waals surface area contributed by atoms with E-state index in [1.54, 1.807) is 6.07 Å². The van der Waals surface area contributed by atoms with Gasteiger partial charge in [0.1, 0.15) is 29.3 Å². The third kappa shape index (κ3) is 7.27. The Balaban J connectivity index is 1.80. The Morgan fingerprint density at radius 2 is 1.69 bits per heavy atom. The quantitative estimate of drug-likeness (QED) is 0.315. The van der Waals surface area contributed by atoms with Crippen molar-refractivity contribution in [3.63, 3.8) is 0 Å². The number of carboxylic acids is 1. The smallest absolute Gasteiger partial charge is 0.305 e. The van der Waals surface area contributed by atoms with Gasteiger partial charge in [-0.3, -0.25) is 4.79 Å². The molecule has 10 heteroatoms. The molecule has 36 heavy (non-hydrogen) atoms. The van der Waals surface area contributed by atoms with E-state index in [-0.39, 0.29) is 23.5 Å². The van der Waals surface area contributed by atoms with Gasteiger partial charge in [0.15, 0.2) is 0 Å². The first-order valence-corrected chi connectivity index (χ1v) is 12.9. The topological polar surface area (TPSA) is 122 Å². The molecule has 0 spiro atoms. The number of fused-ring (bicyclic) bond motifs is 1. The second-order valence-corrected chi connectivity index (χ2v) is 10.1. The minimum absolute atomic E-state index is 0.0975. The van der Waals surface area contributed by atoms with E-state index in [2.05, 4.69) is 4.72 Å². The van der Waals surface area contributed by atoms with Crippen LogP contribution in [0.2, 0.25) is 0 Å². The maximum Gasteiger partial charge on any atom is 0.305 e. The predicted octanol–water partition coefficient (Wildman–Crippen LogP) is 2.72. The van der Waals surface area contributed by atoms with Crippen molar-refractivity contribution in [2.24, 2.45) is 0 Å². The molecule has 9 nitrogen and oxygen atoms in total. The Hall–Kier alpha value is -3.47. The number of likely N-dealkylation sites (N-methyl/N-ethyl adjacent to an activating group) is 1. The fourth-order valence-corrected chi connectivity index (χ4v) is 4.98. The molecule has 0 saturated carbocycles. The zero-order valence-corrected chi connectivity index (χ0v) is 21.0. The lowest BCUT2D eigenvalue weighted by Gasteiger charge is -2.17. The van der Waals surface area contributed by atoms with Crippen molar-refractivity contribution in [1.82, 2.24) is 9.62 Å². The minimum Gasteiger partial charge on any atom is -0.492 e. The van der Waals surface area contributed by atoms with Crippen LogP contribution in [-0.4, -0.2) is 70.6 Å². The lowest BCUT2D eigenvalue weighted by atomic mass is 10.0. The van der Waals surface area contributed by atoms with Crippen LogP contribution in [0.25, 0.3) is 10.8 Å². The highest BCUT2D eigenvalue weighted by Gasteiger charge is 2.25. The van der Waals surface area contributed by atoms with Gasteiger partial charge in [-0.05, 0) is 43.1 Å². The average molecular weight is 515 g/mol. The number of benzene rings is 3. The molecule has 2 N–H and O–H groups in total. The predicted molar refractivity (Wildman–Crippen MR) is 136 cm³/mol. The van der Waals surface area contributed by atoms with E-state index in [0.717, 1.165) is 28.6 Å².